The van der Waals surface area contributed by atoms with E-state index in [1.54, 1.807) is 0 Å². The monoisotopic (exact) mass is 309 g/mol. The van der Waals surface area contributed by atoms with Crippen LogP contribution in [0.15, 0.2) is 54.6 Å². The summed E-state index contributed by atoms with van der Waals surface area (Å²) in [6, 6.07) is 19.6. The number of nitrogens with zero attached hydrogens (tertiary/aromatic N) is 1. The zero-order valence-electron chi connectivity index (χ0n) is 14.2. The quantitative estimate of drug-likeness (QED) is 0.702. The van der Waals surface area contributed by atoms with Crippen LogP contribution in [-0.2, 0) is 0 Å². The van der Waals surface area contributed by atoms with Gasteiger partial charge in [0.1, 0.15) is 12.4 Å². The zero-order chi connectivity index (χ0) is 16.1. The SMILES string of the molecule is CCN(CC)CCOc1ccc(C2CC2c2ccccc2)cc1. The molecule has 0 aromatic heterocycles. The molecule has 0 radical (unpaired) electrons. The maximum Gasteiger partial charge on any atom is 0.119 e. The molecule has 0 saturated heterocycles. The first-order valence-electron chi connectivity index (χ1n) is 8.81. The summed E-state index contributed by atoms with van der Waals surface area (Å²) in [7, 11) is 0. The second-order valence-electron chi connectivity index (χ2n) is 6.30. The second kappa shape index (κ2) is 7.65. The molecule has 0 spiro atoms. The molecule has 3 rings (SSSR count). The average Bonchev–Trinajstić information content (AvgIpc) is 3.41. The Balaban J connectivity index is 1.50. The molecular formula is C21H27NO. The molecule has 1 fully saturated rings. The average molecular weight is 309 g/mol. The Morgan fingerprint density at radius 1 is 0.870 bits per heavy atom. The highest BCUT2D eigenvalue weighted by Gasteiger charge is 2.39. The number of rotatable bonds is 8. The van der Waals surface area contributed by atoms with Crippen molar-refractivity contribution in [3.05, 3.63) is 65.7 Å². The van der Waals surface area contributed by atoms with E-state index in [0.29, 0.717) is 11.8 Å². The minimum Gasteiger partial charge on any atom is -0.492 e. The smallest absolute Gasteiger partial charge is 0.119 e. The fourth-order valence-corrected chi connectivity index (χ4v) is 3.28. The van der Waals surface area contributed by atoms with Crippen LogP contribution in [0.3, 0.4) is 0 Å². The summed E-state index contributed by atoms with van der Waals surface area (Å²) in [5.41, 5.74) is 2.91. The van der Waals surface area contributed by atoms with Crippen molar-refractivity contribution in [2.75, 3.05) is 26.2 Å². The van der Waals surface area contributed by atoms with Crippen LogP contribution in [0, 0.1) is 0 Å². The highest BCUT2D eigenvalue weighted by atomic mass is 16.5. The molecule has 1 aliphatic rings. The Morgan fingerprint density at radius 2 is 1.48 bits per heavy atom. The van der Waals surface area contributed by atoms with E-state index in [9.17, 15) is 0 Å². The van der Waals surface area contributed by atoms with Crippen molar-refractivity contribution >= 4 is 0 Å². The highest BCUT2D eigenvalue weighted by Crippen LogP contribution is 2.54. The van der Waals surface area contributed by atoms with E-state index in [4.69, 9.17) is 4.74 Å². The summed E-state index contributed by atoms with van der Waals surface area (Å²) >= 11 is 0. The molecule has 23 heavy (non-hydrogen) atoms. The molecule has 0 aliphatic heterocycles. The molecule has 2 nitrogen and oxygen atoms in total. The van der Waals surface area contributed by atoms with Gasteiger partial charge in [0, 0.05) is 6.54 Å². The number of hydrogen-bond acceptors (Lipinski definition) is 2. The van der Waals surface area contributed by atoms with E-state index in [0.717, 1.165) is 32.0 Å². The lowest BCUT2D eigenvalue weighted by atomic mass is 10.0. The molecular weight excluding hydrogens is 282 g/mol. The Morgan fingerprint density at radius 3 is 2.09 bits per heavy atom. The van der Waals surface area contributed by atoms with Gasteiger partial charge in [0.25, 0.3) is 0 Å². The normalized spacial score (nSPS) is 19.8. The van der Waals surface area contributed by atoms with Gasteiger partial charge in [0.2, 0.25) is 0 Å². The van der Waals surface area contributed by atoms with Gasteiger partial charge in [-0.1, -0.05) is 56.3 Å². The van der Waals surface area contributed by atoms with Crippen molar-refractivity contribution in [3.8, 4) is 5.75 Å². The van der Waals surface area contributed by atoms with Crippen LogP contribution in [0.4, 0.5) is 0 Å². The van der Waals surface area contributed by atoms with Crippen LogP contribution in [-0.4, -0.2) is 31.1 Å². The minimum atomic E-state index is 0.683. The van der Waals surface area contributed by atoms with Crippen molar-refractivity contribution in [2.24, 2.45) is 0 Å². The lowest BCUT2D eigenvalue weighted by molar-refractivity contribution is 0.223. The summed E-state index contributed by atoms with van der Waals surface area (Å²) in [5.74, 6) is 2.37. The van der Waals surface area contributed by atoms with Gasteiger partial charge in [-0.2, -0.15) is 0 Å². The van der Waals surface area contributed by atoms with Crippen molar-refractivity contribution in [1.29, 1.82) is 0 Å². The van der Waals surface area contributed by atoms with Crippen molar-refractivity contribution in [2.45, 2.75) is 32.1 Å². The topological polar surface area (TPSA) is 12.5 Å². The third kappa shape index (κ3) is 4.14. The summed E-state index contributed by atoms with van der Waals surface area (Å²) in [5, 5.41) is 0. The van der Waals surface area contributed by atoms with Crippen LogP contribution in [0.25, 0.3) is 0 Å². The zero-order valence-corrected chi connectivity index (χ0v) is 14.2. The van der Waals surface area contributed by atoms with Crippen molar-refractivity contribution < 1.29 is 4.74 Å². The molecule has 122 valence electrons. The second-order valence-corrected chi connectivity index (χ2v) is 6.30. The lowest BCUT2D eigenvalue weighted by Crippen LogP contribution is -2.27. The molecule has 0 amide bonds. The number of likely N-dealkylation sites (N-methyl/N-ethyl adjacent to an activating group) is 1. The molecule has 2 unspecified atom stereocenters. The molecule has 1 saturated carbocycles. The Bertz CT molecular complexity index is 589. The Kier molecular flexibility index (Phi) is 5.35. The van der Waals surface area contributed by atoms with E-state index >= 15 is 0 Å². The van der Waals surface area contributed by atoms with Crippen LogP contribution >= 0.6 is 0 Å². The number of hydrogen-bond donors (Lipinski definition) is 0. The van der Waals surface area contributed by atoms with Gasteiger partial charge in [-0.05, 0) is 54.6 Å². The molecule has 2 atom stereocenters. The molecule has 1 aliphatic carbocycles. The van der Waals surface area contributed by atoms with E-state index in [1.807, 2.05) is 0 Å². The maximum absolute atomic E-state index is 5.87. The lowest BCUT2D eigenvalue weighted by Gasteiger charge is -2.18. The molecule has 2 aromatic carbocycles. The first-order chi connectivity index (χ1) is 11.3. The fourth-order valence-electron chi connectivity index (χ4n) is 3.28. The number of ether oxygens (including phenoxy) is 1. The summed E-state index contributed by atoms with van der Waals surface area (Å²) in [4.78, 5) is 2.38. The van der Waals surface area contributed by atoms with Gasteiger partial charge in [0.15, 0.2) is 0 Å². The van der Waals surface area contributed by atoms with Gasteiger partial charge in [0.05, 0.1) is 0 Å². The predicted octanol–water partition coefficient (Wildman–Crippen LogP) is 4.68. The molecule has 2 aromatic rings. The predicted molar refractivity (Wildman–Crippen MR) is 96.3 cm³/mol. The summed E-state index contributed by atoms with van der Waals surface area (Å²) in [6.45, 7) is 8.31. The first kappa shape index (κ1) is 16.1. The van der Waals surface area contributed by atoms with E-state index in [-0.39, 0.29) is 0 Å². The molecule has 2 heteroatoms. The number of benzene rings is 2. The van der Waals surface area contributed by atoms with E-state index < -0.39 is 0 Å². The third-order valence-electron chi connectivity index (χ3n) is 4.90. The van der Waals surface area contributed by atoms with Gasteiger partial charge in [-0.3, -0.25) is 0 Å². The highest BCUT2D eigenvalue weighted by molar-refractivity contribution is 5.38. The van der Waals surface area contributed by atoms with Gasteiger partial charge < -0.3 is 9.64 Å². The van der Waals surface area contributed by atoms with E-state index in [2.05, 4.69) is 73.3 Å². The standard InChI is InChI=1S/C21H27NO/c1-3-22(4-2)14-15-23-19-12-10-18(11-13-19)21-16-20(21)17-8-6-5-7-9-17/h5-13,20-21H,3-4,14-16H2,1-2H3. The summed E-state index contributed by atoms with van der Waals surface area (Å²) in [6.07, 6.45) is 1.27. The third-order valence-corrected chi connectivity index (χ3v) is 4.90. The van der Waals surface area contributed by atoms with Crippen LogP contribution in [0.2, 0.25) is 0 Å². The van der Waals surface area contributed by atoms with Gasteiger partial charge in [-0.15, -0.1) is 0 Å². The Hall–Kier alpha value is -1.80. The molecule has 0 heterocycles. The van der Waals surface area contributed by atoms with Crippen LogP contribution in [0.5, 0.6) is 5.75 Å². The first-order valence-corrected chi connectivity index (χ1v) is 8.81. The van der Waals surface area contributed by atoms with E-state index in [1.165, 1.54) is 17.5 Å². The summed E-state index contributed by atoms with van der Waals surface area (Å²) < 4.78 is 5.87. The molecule has 0 N–H and O–H groups in total. The minimum absolute atomic E-state index is 0.683. The van der Waals surface area contributed by atoms with Crippen LogP contribution < -0.4 is 4.74 Å². The largest absolute Gasteiger partial charge is 0.492 e. The van der Waals surface area contributed by atoms with Crippen molar-refractivity contribution in [1.82, 2.24) is 4.90 Å². The maximum atomic E-state index is 5.87. The van der Waals surface area contributed by atoms with Gasteiger partial charge >= 0.3 is 0 Å². The fraction of sp³-hybridized carbons (Fsp3) is 0.429. The van der Waals surface area contributed by atoms with Gasteiger partial charge in [-0.25, -0.2) is 0 Å². The van der Waals surface area contributed by atoms with Crippen LogP contribution in [0.1, 0.15) is 43.2 Å². The van der Waals surface area contributed by atoms with Crippen molar-refractivity contribution in [3.63, 3.8) is 0 Å². The molecule has 0 bridgehead atoms. The Labute approximate surface area is 140 Å².